The molecule has 1 aromatic carbocycles. The van der Waals surface area contributed by atoms with Crippen molar-refractivity contribution in [3.8, 4) is 0 Å². The predicted octanol–water partition coefficient (Wildman–Crippen LogP) is 4.61. The van der Waals surface area contributed by atoms with Gasteiger partial charge in [-0.25, -0.2) is 23.5 Å². The van der Waals surface area contributed by atoms with Crippen LogP contribution in [0.5, 0.6) is 0 Å². The molecular formula is C19H16F5N3O2. The fourth-order valence-corrected chi connectivity index (χ4v) is 3.35. The summed E-state index contributed by atoms with van der Waals surface area (Å²) in [5.41, 5.74) is -1.58. The Morgan fingerprint density at radius 2 is 1.97 bits per heavy atom. The molecule has 1 saturated carbocycles. The zero-order valence-electron chi connectivity index (χ0n) is 15.3. The van der Waals surface area contributed by atoms with Crippen molar-refractivity contribution in [1.82, 2.24) is 9.97 Å². The number of hydrogen-bond acceptors (Lipinski definition) is 4. The second kappa shape index (κ2) is 6.64. The number of carbonyl (C=O) groups excluding carboxylic acids is 1. The van der Waals surface area contributed by atoms with Gasteiger partial charge in [0.2, 0.25) is 0 Å². The Balaban J connectivity index is 1.55. The van der Waals surface area contributed by atoms with E-state index in [1.54, 1.807) is 6.92 Å². The van der Waals surface area contributed by atoms with E-state index < -0.39 is 41.0 Å². The van der Waals surface area contributed by atoms with Gasteiger partial charge in [-0.2, -0.15) is 13.2 Å². The fraction of sp³-hybridized carbons (Fsp3) is 0.421. The number of hydrogen-bond donors (Lipinski definition) is 0. The minimum atomic E-state index is -4.64. The van der Waals surface area contributed by atoms with Crippen LogP contribution in [0.1, 0.15) is 42.6 Å². The number of nitrogens with zero attached hydrogens (tertiary/aromatic N) is 3. The van der Waals surface area contributed by atoms with E-state index in [2.05, 4.69) is 9.97 Å². The minimum Gasteiger partial charge on any atom is -0.441 e. The molecule has 10 heteroatoms. The van der Waals surface area contributed by atoms with Crippen molar-refractivity contribution in [1.29, 1.82) is 0 Å². The van der Waals surface area contributed by atoms with Crippen molar-refractivity contribution in [3.63, 3.8) is 0 Å². The first-order valence-corrected chi connectivity index (χ1v) is 8.96. The van der Waals surface area contributed by atoms with Gasteiger partial charge in [-0.1, -0.05) is 13.0 Å². The van der Waals surface area contributed by atoms with Gasteiger partial charge in [0, 0.05) is 6.42 Å². The summed E-state index contributed by atoms with van der Waals surface area (Å²) in [7, 11) is 0. The Bertz CT molecular complexity index is 975. The van der Waals surface area contributed by atoms with Gasteiger partial charge in [0.25, 0.3) is 0 Å². The van der Waals surface area contributed by atoms with Crippen LogP contribution in [0.3, 0.4) is 0 Å². The molecule has 2 aliphatic rings. The topological polar surface area (TPSA) is 55.3 Å². The second-order valence-electron chi connectivity index (χ2n) is 7.43. The molecular weight excluding hydrogens is 397 g/mol. The van der Waals surface area contributed by atoms with E-state index in [9.17, 15) is 26.7 Å². The summed E-state index contributed by atoms with van der Waals surface area (Å²) < 4.78 is 71.8. The van der Waals surface area contributed by atoms with Gasteiger partial charge in [0.15, 0.2) is 11.6 Å². The Kier molecular flexibility index (Phi) is 4.47. The predicted molar refractivity (Wildman–Crippen MR) is 91.3 cm³/mol. The van der Waals surface area contributed by atoms with Crippen LogP contribution in [-0.2, 0) is 17.3 Å². The molecule has 2 aromatic rings. The summed E-state index contributed by atoms with van der Waals surface area (Å²) >= 11 is 0. The molecule has 0 N–H and O–H groups in total. The zero-order chi connectivity index (χ0) is 21.0. The lowest BCUT2D eigenvalue weighted by molar-refractivity contribution is -0.137. The Hall–Kier alpha value is -2.78. The number of rotatable bonds is 4. The van der Waals surface area contributed by atoms with Crippen LogP contribution < -0.4 is 4.90 Å². The van der Waals surface area contributed by atoms with Crippen LogP contribution >= 0.6 is 0 Å². The molecule has 1 atom stereocenters. The van der Waals surface area contributed by atoms with E-state index in [0.29, 0.717) is 18.9 Å². The highest BCUT2D eigenvalue weighted by molar-refractivity contribution is 5.89. The number of anilines is 1. The van der Waals surface area contributed by atoms with Crippen LogP contribution in [0.15, 0.2) is 24.4 Å². The minimum absolute atomic E-state index is 0.0452. The fourth-order valence-electron chi connectivity index (χ4n) is 3.35. The lowest BCUT2D eigenvalue weighted by atomic mass is 9.95. The maximum absolute atomic E-state index is 14.2. The summed E-state index contributed by atoms with van der Waals surface area (Å²) in [6.07, 6.45) is -2.95. The van der Waals surface area contributed by atoms with Crippen LogP contribution in [-0.4, -0.2) is 28.2 Å². The SMILES string of the molecule is C[C@H](Cc1ncc(F)c(N2CC3(CC3)OC2=O)n1)c1ccc(C(F)(F)F)cc1F. The molecule has 4 rings (SSSR count). The molecule has 0 bridgehead atoms. The molecule has 29 heavy (non-hydrogen) atoms. The van der Waals surface area contributed by atoms with E-state index >= 15 is 0 Å². The molecule has 1 aliphatic heterocycles. The molecule has 0 unspecified atom stereocenters. The highest BCUT2D eigenvalue weighted by atomic mass is 19.4. The number of benzene rings is 1. The molecule has 1 aromatic heterocycles. The van der Waals surface area contributed by atoms with Crippen molar-refractivity contribution >= 4 is 11.9 Å². The molecule has 154 valence electrons. The van der Waals surface area contributed by atoms with Gasteiger partial charge < -0.3 is 4.74 Å². The number of aromatic nitrogens is 2. The Morgan fingerprint density at radius 1 is 1.24 bits per heavy atom. The Labute approximate surface area is 162 Å². The number of amides is 1. The molecule has 1 spiro atoms. The average Bonchev–Trinajstić information content (AvgIpc) is 3.30. The zero-order valence-corrected chi connectivity index (χ0v) is 15.3. The molecule has 1 aliphatic carbocycles. The lowest BCUT2D eigenvalue weighted by Crippen LogP contribution is -2.27. The second-order valence-corrected chi connectivity index (χ2v) is 7.43. The van der Waals surface area contributed by atoms with Crippen molar-refractivity contribution < 1.29 is 31.5 Å². The average molecular weight is 413 g/mol. The molecule has 1 saturated heterocycles. The van der Waals surface area contributed by atoms with E-state index in [1.807, 2.05) is 0 Å². The summed E-state index contributed by atoms with van der Waals surface area (Å²) in [6, 6.07) is 2.32. The first-order chi connectivity index (χ1) is 13.6. The number of ether oxygens (including phenoxy) is 1. The molecule has 2 heterocycles. The van der Waals surface area contributed by atoms with Crippen molar-refractivity contribution in [2.45, 2.75) is 43.9 Å². The largest absolute Gasteiger partial charge is 0.441 e. The third kappa shape index (κ3) is 3.75. The summed E-state index contributed by atoms with van der Waals surface area (Å²) in [5, 5.41) is 0. The Morgan fingerprint density at radius 3 is 2.55 bits per heavy atom. The van der Waals surface area contributed by atoms with Crippen LogP contribution in [0.4, 0.5) is 32.6 Å². The van der Waals surface area contributed by atoms with E-state index in [1.165, 1.54) is 0 Å². The summed E-state index contributed by atoms with van der Waals surface area (Å²) in [4.78, 5) is 21.1. The monoisotopic (exact) mass is 413 g/mol. The van der Waals surface area contributed by atoms with E-state index in [-0.39, 0.29) is 30.2 Å². The third-order valence-electron chi connectivity index (χ3n) is 5.16. The van der Waals surface area contributed by atoms with Crippen molar-refractivity contribution in [3.05, 3.63) is 53.0 Å². The number of halogens is 5. The molecule has 1 amide bonds. The summed E-state index contributed by atoms with van der Waals surface area (Å²) in [5.74, 6) is -2.44. The van der Waals surface area contributed by atoms with Crippen LogP contribution in [0.25, 0.3) is 0 Å². The van der Waals surface area contributed by atoms with Gasteiger partial charge in [-0.15, -0.1) is 0 Å². The molecule has 0 radical (unpaired) electrons. The highest BCUT2D eigenvalue weighted by Gasteiger charge is 2.55. The molecule has 2 fully saturated rings. The first-order valence-electron chi connectivity index (χ1n) is 8.96. The maximum atomic E-state index is 14.2. The third-order valence-corrected chi connectivity index (χ3v) is 5.16. The van der Waals surface area contributed by atoms with Crippen molar-refractivity contribution in [2.75, 3.05) is 11.4 Å². The highest BCUT2D eigenvalue weighted by Crippen LogP contribution is 2.45. The van der Waals surface area contributed by atoms with E-state index in [4.69, 9.17) is 4.74 Å². The van der Waals surface area contributed by atoms with Crippen LogP contribution in [0.2, 0.25) is 0 Å². The van der Waals surface area contributed by atoms with Gasteiger partial charge in [0.1, 0.15) is 17.2 Å². The van der Waals surface area contributed by atoms with Crippen LogP contribution in [0, 0.1) is 11.6 Å². The van der Waals surface area contributed by atoms with E-state index in [0.717, 1.165) is 23.2 Å². The lowest BCUT2D eigenvalue weighted by Gasteiger charge is -2.16. The van der Waals surface area contributed by atoms with Gasteiger partial charge >= 0.3 is 12.3 Å². The smallest absolute Gasteiger partial charge is 0.416 e. The van der Waals surface area contributed by atoms with Gasteiger partial charge in [-0.05, 0) is 36.5 Å². The summed E-state index contributed by atoms with van der Waals surface area (Å²) in [6.45, 7) is 1.80. The van der Waals surface area contributed by atoms with Gasteiger partial charge in [0.05, 0.1) is 18.3 Å². The maximum Gasteiger partial charge on any atom is 0.416 e. The standard InChI is InChI=1S/C19H16F5N3O2/c1-10(12-3-2-11(7-13(12)20)19(22,23)24)6-15-25-8-14(21)16(26-15)27-9-18(4-5-18)29-17(27)28/h2-3,7-8,10H,4-6,9H2,1H3/t10-/m1/s1. The molecule has 5 nitrogen and oxygen atoms in total. The van der Waals surface area contributed by atoms with Crippen molar-refractivity contribution in [2.24, 2.45) is 0 Å². The number of carbonyl (C=O) groups is 1. The van der Waals surface area contributed by atoms with Gasteiger partial charge in [-0.3, -0.25) is 4.90 Å². The normalized spacial score (nSPS) is 18.8. The quantitative estimate of drug-likeness (QED) is 0.687. The first kappa shape index (κ1) is 19.5. The number of alkyl halides is 3.